The number of aromatic nitrogens is 3. The van der Waals surface area contributed by atoms with Crippen molar-refractivity contribution in [1.29, 1.82) is 0 Å². The number of H-pyrrole nitrogens is 1. The fraction of sp³-hybridized carbons (Fsp3) is 0.238. The van der Waals surface area contributed by atoms with E-state index in [1.165, 1.54) is 18.3 Å². The van der Waals surface area contributed by atoms with E-state index < -0.39 is 34.4 Å². The molecule has 0 atom stereocenters. The molecule has 2 aromatic heterocycles. The Hall–Kier alpha value is -3.56. The molecule has 0 fully saturated rings. The van der Waals surface area contributed by atoms with Gasteiger partial charge in [0.25, 0.3) is 5.56 Å². The highest BCUT2D eigenvalue weighted by Gasteiger charge is 2.35. The highest BCUT2D eigenvalue weighted by atomic mass is 19.4. The fourth-order valence-corrected chi connectivity index (χ4v) is 3.03. The van der Waals surface area contributed by atoms with E-state index in [-0.39, 0.29) is 29.1 Å². The molecule has 0 saturated carbocycles. The molecule has 10 heteroatoms. The summed E-state index contributed by atoms with van der Waals surface area (Å²) in [4.78, 5) is 33.9. The van der Waals surface area contributed by atoms with E-state index in [2.05, 4.69) is 15.0 Å². The SMILES string of the molecule is CC(C)(Cc1ccc(C(F)(F)F)c(-c2nc(-c3cncc(F)c3)cc(=O)[nH]2)c1)C(N)=O. The van der Waals surface area contributed by atoms with Gasteiger partial charge in [0.2, 0.25) is 5.91 Å². The first-order chi connectivity index (χ1) is 14.4. The number of aromatic amines is 1. The molecule has 2 heterocycles. The van der Waals surface area contributed by atoms with Gasteiger partial charge in [-0.1, -0.05) is 19.9 Å². The quantitative estimate of drug-likeness (QED) is 0.598. The van der Waals surface area contributed by atoms with Crippen molar-refractivity contribution in [1.82, 2.24) is 15.0 Å². The van der Waals surface area contributed by atoms with Gasteiger partial charge in [0.05, 0.1) is 17.5 Å². The number of carbonyl (C=O) groups is 1. The summed E-state index contributed by atoms with van der Waals surface area (Å²) in [6.07, 6.45) is -2.47. The third-order valence-electron chi connectivity index (χ3n) is 4.70. The number of benzene rings is 1. The van der Waals surface area contributed by atoms with Crippen LogP contribution in [0.5, 0.6) is 0 Å². The Morgan fingerprint density at radius 3 is 2.45 bits per heavy atom. The van der Waals surface area contributed by atoms with Crippen molar-refractivity contribution in [2.75, 3.05) is 0 Å². The van der Waals surface area contributed by atoms with E-state index in [9.17, 15) is 27.2 Å². The minimum atomic E-state index is -4.73. The zero-order chi connectivity index (χ0) is 23.0. The van der Waals surface area contributed by atoms with Crippen LogP contribution in [0.4, 0.5) is 17.6 Å². The van der Waals surface area contributed by atoms with Gasteiger partial charge >= 0.3 is 6.18 Å². The predicted molar refractivity (Wildman–Crippen MR) is 105 cm³/mol. The summed E-state index contributed by atoms with van der Waals surface area (Å²) in [6.45, 7) is 3.15. The number of primary amides is 1. The normalized spacial score (nSPS) is 12.1. The van der Waals surface area contributed by atoms with E-state index >= 15 is 0 Å². The largest absolute Gasteiger partial charge is 0.417 e. The average molecular weight is 434 g/mol. The lowest BCUT2D eigenvalue weighted by atomic mass is 9.84. The zero-order valence-corrected chi connectivity index (χ0v) is 16.5. The smallest absolute Gasteiger partial charge is 0.369 e. The molecular weight excluding hydrogens is 416 g/mol. The number of rotatable bonds is 5. The van der Waals surface area contributed by atoms with Gasteiger partial charge in [-0.05, 0) is 30.2 Å². The topological polar surface area (TPSA) is 102 Å². The first kappa shape index (κ1) is 22.1. The molecule has 0 saturated heterocycles. The van der Waals surface area contributed by atoms with E-state index in [0.717, 1.165) is 24.4 Å². The second-order valence-electron chi connectivity index (χ2n) is 7.67. The van der Waals surface area contributed by atoms with Gasteiger partial charge in [0.1, 0.15) is 11.6 Å². The Morgan fingerprint density at radius 1 is 1.13 bits per heavy atom. The predicted octanol–water partition coefficient (Wildman–Crippen LogP) is 3.71. The zero-order valence-electron chi connectivity index (χ0n) is 16.5. The number of halogens is 4. The minimum Gasteiger partial charge on any atom is -0.369 e. The molecule has 31 heavy (non-hydrogen) atoms. The van der Waals surface area contributed by atoms with Crippen LogP contribution in [0.15, 0.2) is 47.5 Å². The Balaban J connectivity index is 2.19. The molecule has 0 bridgehead atoms. The van der Waals surface area contributed by atoms with Crippen LogP contribution >= 0.6 is 0 Å². The molecule has 0 aliphatic heterocycles. The number of nitrogens with one attached hydrogen (secondary N) is 1. The number of hydrogen-bond acceptors (Lipinski definition) is 4. The summed E-state index contributed by atoms with van der Waals surface area (Å²) in [7, 11) is 0. The van der Waals surface area contributed by atoms with Gasteiger partial charge in [-0.2, -0.15) is 13.2 Å². The number of nitrogens with two attached hydrogens (primary N) is 1. The first-order valence-corrected chi connectivity index (χ1v) is 9.09. The third kappa shape index (κ3) is 4.96. The van der Waals surface area contributed by atoms with Gasteiger partial charge < -0.3 is 10.7 Å². The summed E-state index contributed by atoms with van der Waals surface area (Å²) in [6, 6.07) is 5.41. The van der Waals surface area contributed by atoms with E-state index in [0.29, 0.717) is 5.56 Å². The highest BCUT2D eigenvalue weighted by molar-refractivity contribution is 5.80. The summed E-state index contributed by atoms with van der Waals surface area (Å²) in [5.74, 6) is -1.65. The first-order valence-electron chi connectivity index (χ1n) is 9.09. The van der Waals surface area contributed by atoms with E-state index in [1.807, 2.05) is 0 Å². The van der Waals surface area contributed by atoms with Crippen LogP contribution in [0, 0.1) is 11.2 Å². The lowest BCUT2D eigenvalue weighted by Crippen LogP contribution is -2.33. The minimum absolute atomic E-state index is 0.0401. The van der Waals surface area contributed by atoms with Crippen molar-refractivity contribution in [3.8, 4) is 22.6 Å². The monoisotopic (exact) mass is 434 g/mol. The van der Waals surface area contributed by atoms with E-state index in [4.69, 9.17) is 5.73 Å². The van der Waals surface area contributed by atoms with Gasteiger partial charge in [0, 0.05) is 28.8 Å². The molecule has 0 radical (unpaired) electrons. The number of pyridine rings is 1. The average Bonchev–Trinajstić information content (AvgIpc) is 2.66. The summed E-state index contributed by atoms with van der Waals surface area (Å²) < 4.78 is 54.5. The van der Waals surface area contributed by atoms with Crippen molar-refractivity contribution in [3.05, 3.63) is 70.0 Å². The Labute approximate surface area is 174 Å². The highest BCUT2D eigenvalue weighted by Crippen LogP contribution is 2.37. The molecule has 0 aliphatic carbocycles. The molecule has 6 nitrogen and oxygen atoms in total. The number of alkyl halides is 3. The van der Waals surface area contributed by atoms with Crippen molar-refractivity contribution in [2.45, 2.75) is 26.4 Å². The summed E-state index contributed by atoms with van der Waals surface area (Å²) >= 11 is 0. The van der Waals surface area contributed by atoms with Crippen LogP contribution in [-0.4, -0.2) is 20.9 Å². The maximum absolute atomic E-state index is 13.7. The number of carbonyl (C=O) groups excluding carboxylic acids is 1. The van der Waals surface area contributed by atoms with Crippen LogP contribution in [0.1, 0.15) is 25.0 Å². The Kier molecular flexibility index (Phi) is 5.66. The Morgan fingerprint density at radius 2 is 1.84 bits per heavy atom. The van der Waals surface area contributed by atoms with Crippen LogP contribution < -0.4 is 11.3 Å². The lowest BCUT2D eigenvalue weighted by Gasteiger charge is -2.21. The van der Waals surface area contributed by atoms with Crippen LogP contribution in [0.25, 0.3) is 22.6 Å². The van der Waals surface area contributed by atoms with Gasteiger partial charge in [0.15, 0.2) is 0 Å². The van der Waals surface area contributed by atoms with E-state index in [1.54, 1.807) is 13.8 Å². The molecular formula is C21H18F4N4O2. The van der Waals surface area contributed by atoms with Gasteiger partial charge in [-0.25, -0.2) is 9.37 Å². The third-order valence-corrected chi connectivity index (χ3v) is 4.70. The maximum Gasteiger partial charge on any atom is 0.417 e. The molecule has 0 unspecified atom stereocenters. The number of hydrogen-bond donors (Lipinski definition) is 2. The van der Waals surface area contributed by atoms with Gasteiger partial charge in [-0.15, -0.1) is 0 Å². The molecule has 1 aromatic carbocycles. The van der Waals surface area contributed by atoms with Crippen molar-refractivity contribution >= 4 is 5.91 Å². The lowest BCUT2D eigenvalue weighted by molar-refractivity contribution is -0.137. The fourth-order valence-electron chi connectivity index (χ4n) is 3.03. The molecule has 1 amide bonds. The van der Waals surface area contributed by atoms with Crippen molar-refractivity contribution in [3.63, 3.8) is 0 Å². The second kappa shape index (κ2) is 7.93. The number of amides is 1. The maximum atomic E-state index is 13.7. The molecule has 0 spiro atoms. The molecule has 3 N–H and O–H groups in total. The van der Waals surface area contributed by atoms with Crippen molar-refractivity contribution < 1.29 is 22.4 Å². The van der Waals surface area contributed by atoms with Crippen molar-refractivity contribution in [2.24, 2.45) is 11.1 Å². The van der Waals surface area contributed by atoms with Crippen LogP contribution in [-0.2, 0) is 17.4 Å². The molecule has 162 valence electrons. The van der Waals surface area contributed by atoms with Crippen LogP contribution in [0.2, 0.25) is 0 Å². The second-order valence-corrected chi connectivity index (χ2v) is 7.67. The Bertz CT molecular complexity index is 1200. The summed E-state index contributed by atoms with van der Waals surface area (Å²) in [5, 5.41) is 0. The van der Waals surface area contributed by atoms with Gasteiger partial charge in [-0.3, -0.25) is 14.6 Å². The molecule has 3 aromatic rings. The van der Waals surface area contributed by atoms with Crippen LogP contribution in [0.3, 0.4) is 0 Å². The molecule has 0 aliphatic rings. The summed E-state index contributed by atoms with van der Waals surface area (Å²) in [5.41, 5.74) is 2.72. The number of nitrogens with zero attached hydrogens (tertiary/aromatic N) is 2. The standard InChI is InChI=1S/C21H18F4N4O2/c1-20(2,19(26)31)8-11-3-4-15(21(23,24)25)14(5-11)18-28-16(7-17(30)29-18)12-6-13(22)10-27-9-12/h3-7,9-10H,8H2,1-2H3,(H2,26,31)(H,28,29,30). The molecule has 3 rings (SSSR count).